The lowest BCUT2D eigenvalue weighted by atomic mass is 10.1. The molecule has 11 heteroatoms. The minimum absolute atomic E-state index is 0.277. The SMILES string of the molecule is Cc1ccc(NC(=O)OC(C)(C)C)cc1-c1noc(-c2sc(Nc3ccc(CN4CCCC4)cc3)nc2N)n1. The number of amides is 1. The van der Waals surface area contributed by atoms with Crippen LogP contribution in [0.5, 0.6) is 0 Å². The third-order valence-corrected chi connectivity index (χ3v) is 7.18. The first kappa shape index (κ1) is 26.6. The lowest BCUT2D eigenvalue weighted by Gasteiger charge is -2.19. The van der Waals surface area contributed by atoms with Crippen LogP contribution in [0, 0.1) is 6.92 Å². The van der Waals surface area contributed by atoms with Gasteiger partial charge in [0, 0.05) is 23.5 Å². The molecular weight excluding hydrogens is 514 g/mol. The lowest BCUT2D eigenvalue weighted by Crippen LogP contribution is -2.27. The van der Waals surface area contributed by atoms with Gasteiger partial charge in [0.15, 0.2) is 5.13 Å². The highest BCUT2D eigenvalue weighted by Crippen LogP contribution is 2.36. The van der Waals surface area contributed by atoms with Crippen molar-refractivity contribution in [2.75, 3.05) is 29.5 Å². The maximum atomic E-state index is 12.2. The summed E-state index contributed by atoms with van der Waals surface area (Å²) in [6.45, 7) is 10.7. The number of nitrogen functional groups attached to an aromatic ring is 1. The van der Waals surface area contributed by atoms with Crippen LogP contribution in [0.15, 0.2) is 47.0 Å². The topological polar surface area (TPSA) is 131 Å². The second-order valence-electron chi connectivity index (χ2n) is 10.6. The van der Waals surface area contributed by atoms with Crippen LogP contribution in [0.1, 0.15) is 44.7 Å². The molecule has 3 heterocycles. The van der Waals surface area contributed by atoms with E-state index in [-0.39, 0.29) is 5.89 Å². The number of carbonyl (C=O) groups is 1. The summed E-state index contributed by atoms with van der Waals surface area (Å²) in [6, 6.07) is 13.8. The van der Waals surface area contributed by atoms with Crippen molar-refractivity contribution in [2.24, 2.45) is 0 Å². The van der Waals surface area contributed by atoms with Crippen LogP contribution in [-0.2, 0) is 11.3 Å². The number of nitrogens with two attached hydrogens (primary N) is 1. The zero-order valence-corrected chi connectivity index (χ0v) is 23.4. The van der Waals surface area contributed by atoms with Crippen molar-refractivity contribution >= 4 is 39.8 Å². The van der Waals surface area contributed by atoms with Crippen molar-refractivity contribution in [3.63, 3.8) is 0 Å². The summed E-state index contributed by atoms with van der Waals surface area (Å²) in [5.74, 6) is 0.963. The number of nitrogens with zero attached hydrogens (tertiary/aromatic N) is 4. The molecule has 1 aliphatic heterocycles. The Bertz CT molecular complexity index is 1450. The van der Waals surface area contributed by atoms with E-state index in [1.807, 2.05) is 33.8 Å². The van der Waals surface area contributed by atoms with Gasteiger partial charge in [-0.1, -0.05) is 34.7 Å². The Morgan fingerprint density at radius 2 is 1.82 bits per heavy atom. The summed E-state index contributed by atoms with van der Waals surface area (Å²) in [5.41, 5.74) is 10.0. The Balaban J connectivity index is 1.28. The summed E-state index contributed by atoms with van der Waals surface area (Å²) in [4.78, 5) is 24.3. The molecule has 0 bridgehead atoms. The van der Waals surface area contributed by atoms with Gasteiger partial charge in [0.25, 0.3) is 5.89 Å². The van der Waals surface area contributed by atoms with Crippen molar-refractivity contribution in [1.29, 1.82) is 0 Å². The van der Waals surface area contributed by atoms with Gasteiger partial charge in [-0.25, -0.2) is 9.78 Å². The molecule has 0 radical (unpaired) electrons. The first-order valence-corrected chi connectivity index (χ1v) is 13.7. The highest BCUT2D eigenvalue weighted by molar-refractivity contribution is 7.19. The van der Waals surface area contributed by atoms with E-state index >= 15 is 0 Å². The van der Waals surface area contributed by atoms with Gasteiger partial charge in [-0.2, -0.15) is 4.98 Å². The number of aryl methyl sites for hydroxylation is 1. The predicted octanol–water partition coefficient (Wildman–Crippen LogP) is 6.44. The number of aromatic nitrogens is 3. The summed E-state index contributed by atoms with van der Waals surface area (Å²) in [7, 11) is 0. The maximum absolute atomic E-state index is 12.2. The number of hydrogen-bond donors (Lipinski definition) is 3. The van der Waals surface area contributed by atoms with Crippen LogP contribution >= 0.6 is 11.3 Å². The second kappa shape index (κ2) is 11.0. The molecule has 0 unspecified atom stereocenters. The molecule has 1 amide bonds. The number of anilines is 4. The molecule has 2 aromatic heterocycles. The van der Waals surface area contributed by atoms with Gasteiger partial charge in [-0.05, 0) is 89.0 Å². The molecule has 0 aliphatic carbocycles. The van der Waals surface area contributed by atoms with E-state index in [9.17, 15) is 4.79 Å². The van der Waals surface area contributed by atoms with Crippen molar-refractivity contribution in [3.8, 4) is 22.2 Å². The molecule has 39 heavy (non-hydrogen) atoms. The fourth-order valence-corrected chi connectivity index (χ4v) is 5.17. The first-order valence-electron chi connectivity index (χ1n) is 12.9. The van der Waals surface area contributed by atoms with Gasteiger partial charge in [0.2, 0.25) is 5.82 Å². The number of carbonyl (C=O) groups excluding carboxylic acids is 1. The minimum atomic E-state index is -0.598. The van der Waals surface area contributed by atoms with Crippen molar-refractivity contribution in [1.82, 2.24) is 20.0 Å². The van der Waals surface area contributed by atoms with E-state index in [1.165, 1.54) is 42.8 Å². The number of nitrogens with one attached hydrogen (secondary N) is 2. The number of ether oxygens (including phenoxy) is 1. The van der Waals surface area contributed by atoms with Gasteiger partial charge in [0.1, 0.15) is 16.3 Å². The molecule has 1 fully saturated rings. The molecule has 1 saturated heterocycles. The Hall–Kier alpha value is -3.96. The fraction of sp³-hybridized carbons (Fsp3) is 0.357. The number of benzene rings is 2. The molecule has 0 atom stereocenters. The standard InChI is InChI=1S/C28H33N7O3S/c1-17-7-10-20(31-27(36)37-28(2,3)4)15-21(17)24-33-25(38-34-24)22-23(29)32-26(39-22)30-19-11-8-18(9-12-19)16-35-13-5-6-14-35/h7-12,15H,5-6,13-14,16,29H2,1-4H3,(H,30,32)(H,31,36). The number of rotatable bonds is 7. The third kappa shape index (κ3) is 6.73. The van der Waals surface area contributed by atoms with Crippen LogP contribution in [0.3, 0.4) is 0 Å². The molecule has 204 valence electrons. The third-order valence-electron chi connectivity index (χ3n) is 6.21. The summed E-state index contributed by atoms with van der Waals surface area (Å²) >= 11 is 1.34. The molecule has 0 spiro atoms. The highest BCUT2D eigenvalue weighted by Gasteiger charge is 2.21. The van der Waals surface area contributed by atoms with Crippen LogP contribution < -0.4 is 16.4 Å². The number of likely N-dealkylation sites (tertiary alicyclic amines) is 1. The van der Waals surface area contributed by atoms with Crippen molar-refractivity contribution in [3.05, 3.63) is 53.6 Å². The van der Waals surface area contributed by atoms with Gasteiger partial charge in [0.05, 0.1) is 0 Å². The number of thiazole rings is 1. The highest BCUT2D eigenvalue weighted by atomic mass is 32.1. The normalized spacial score (nSPS) is 13.9. The Labute approximate surface area is 231 Å². The van der Waals surface area contributed by atoms with Crippen LogP contribution in [0.25, 0.3) is 22.2 Å². The van der Waals surface area contributed by atoms with Crippen LogP contribution in [-0.4, -0.2) is 44.8 Å². The first-order chi connectivity index (χ1) is 18.6. The summed E-state index contributed by atoms with van der Waals surface area (Å²) < 4.78 is 10.9. The molecule has 2 aromatic carbocycles. The van der Waals surface area contributed by atoms with Crippen molar-refractivity contribution in [2.45, 2.75) is 52.7 Å². The monoisotopic (exact) mass is 547 g/mol. The van der Waals surface area contributed by atoms with Gasteiger partial charge in [-0.15, -0.1) is 0 Å². The van der Waals surface area contributed by atoms with E-state index < -0.39 is 11.7 Å². The molecule has 0 saturated carbocycles. The molecule has 5 rings (SSSR count). The average Bonchev–Trinajstić information content (AvgIpc) is 3.62. The van der Waals surface area contributed by atoms with E-state index in [0.29, 0.717) is 32.9 Å². The van der Waals surface area contributed by atoms with Crippen molar-refractivity contribution < 1.29 is 14.1 Å². The maximum Gasteiger partial charge on any atom is 0.412 e. The molecule has 4 aromatic rings. The quantitative estimate of drug-likeness (QED) is 0.239. The Morgan fingerprint density at radius 3 is 2.54 bits per heavy atom. The predicted molar refractivity (Wildman–Crippen MR) is 154 cm³/mol. The lowest BCUT2D eigenvalue weighted by molar-refractivity contribution is 0.0636. The zero-order valence-electron chi connectivity index (χ0n) is 22.6. The largest absolute Gasteiger partial charge is 0.444 e. The minimum Gasteiger partial charge on any atom is -0.444 e. The van der Waals surface area contributed by atoms with E-state index in [0.717, 1.165) is 17.8 Å². The summed E-state index contributed by atoms with van der Waals surface area (Å²) in [5, 5.41) is 10.9. The Morgan fingerprint density at radius 1 is 1.10 bits per heavy atom. The Kier molecular flexibility index (Phi) is 7.53. The van der Waals surface area contributed by atoms with Gasteiger partial charge < -0.3 is 20.3 Å². The fourth-order valence-electron chi connectivity index (χ4n) is 4.34. The second-order valence-corrected chi connectivity index (χ2v) is 11.6. The molecule has 4 N–H and O–H groups in total. The van der Waals surface area contributed by atoms with E-state index in [1.54, 1.807) is 12.1 Å². The zero-order chi connectivity index (χ0) is 27.6. The van der Waals surface area contributed by atoms with Gasteiger partial charge in [-0.3, -0.25) is 10.2 Å². The molecule has 10 nitrogen and oxygen atoms in total. The molecule has 1 aliphatic rings. The van der Waals surface area contributed by atoms with Crippen LogP contribution in [0.2, 0.25) is 0 Å². The summed E-state index contributed by atoms with van der Waals surface area (Å²) in [6.07, 6.45) is 2.03. The van der Waals surface area contributed by atoms with E-state index in [4.69, 9.17) is 15.0 Å². The van der Waals surface area contributed by atoms with Gasteiger partial charge >= 0.3 is 6.09 Å². The molecular formula is C28H33N7O3S. The van der Waals surface area contributed by atoms with Crippen LogP contribution in [0.4, 0.5) is 27.1 Å². The average molecular weight is 548 g/mol. The smallest absolute Gasteiger partial charge is 0.412 e. The number of hydrogen-bond acceptors (Lipinski definition) is 10. The van der Waals surface area contributed by atoms with E-state index in [2.05, 4.69) is 54.9 Å².